The van der Waals surface area contributed by atoms with E-state index >= 15 is 0 Å². The second-order valence-corrected chi connectivity index (χ2v) is 7.02. The van der Waals surface area contributed by atoms with Gasteiger partial charge in [0.1, 0.15) is 18.4 Å². The Bertz CT molecular complexity index is 824. The highest BCUT2D eigenvalue weighted by atomic mass is 31.2. The lowest BCUT2D eigenvalue weighted by Gasteiger charge is -2.24. The molecule has 5 N–H and O–H groups in total. The van der Waals surface area contributed by atoms with Gasteiger partial charge in [-0.1, -0.05) is 0 Å². The van der Waals surface area contributed by atoms with Gasteiger partial charge < -0.3 is 29.5 Å². The Morgan fingerprint density at radius 3 is 2.68 bits per heavy atom. The molecule has 0 saturated carbocycles. The molecule has 14 heteroatoms. The lowest BCUT2D eigenvalue weighted by atomic mass is 10.1. The summed E-state index contributed by atoms with van der Waals surface area (Å²) in [5.41, 5.74) is -2.12. The molecule has 25 heavy (non-hydrogen) atoms. The Morgan fingerprint density at radius 2 is 2.12 bits per heavy atom. The number of halogens is 1. The topological polar surface area (TPSA) is 188 Å². The van der Waals surface area contributed by atoms with Crippen molar-refractivity contribution in [3.8, 4) is 0 Å². The molecule has 1 aliphatic rings. The van der Waals surface area contributed by atoms with Gasteiger partial charge in [-0.3, -0.25) is 19.1 Å². The third kappa shape index (κ3) is 4.03. The number of aromatic nitrogens is 2. The number of alkyl halides is 1. The highest BCUT2D eigenvalue weighted by Gasteiger charge is 2.57. The van der Waals surface area contributed by atoms with Gasteiger partial charge in [-0.15, -0.1) is 0 Å². The Morgan fingerprint density at radius 1 is 1.48 bits per heavy atom. The summed E-state index contributed by atoms with van der Waals surface area (Å²) in [5, 5.41) is 28.1. The number of nitrogens with one attached hydrogen (secondary N) is 1. The molecule has 1 aromatic rings. The zero-order valence-corrected chi connectivity index (χ0v) is 13.2. The fourth-order valence-electron chi connectivity index (χ4n) is 2.16. The van der Waals surface area contributed by atoms with E-state index in [1.807, 2.05) is 0 Å². The molecule has 1 aliphatic heterocycles. The van der Waals surface area contributed by atoms with Gasteiger partial charge in [0.05, 0.1) is 6.61 Å². The van der Waals surface area contributed by atoms with Crippen molar-refractivity contribution < 1.29 is 43.2 Å². The minimum Gasteiger partial charge on any atom is -0.481 e. The number of aliphatic hydroxyl groups is 2. The summed E-state index contributed by atoms with van der Waals surface area (Å²) < 4.78 is 35.7. The first-order chi connectivity index (χ1) is 11.5. The lowest BCUT2D eigenvalue weighted by Crippen LogP contribution is -2.48. The van der Waals surface area contributed by atoms with Gasteiger partial charge in [0.15, 0.2) is 6.10 Å². The van der Waals surface area contributed by atoms with Gasteiger partial charge in [0.2, 0.25) is 0 Å². The Labute approximate surface area is 137 Å². The molecule has 140 valence electrons. The molecule has 2 rings (SSSR count). The molecule has 0 bridgehead atoms. The van der Waals surface area contributed by atoms with Crippen LogP contribution in [0.4, 0.5) is 4.39 Å². The number of hydrogen-bond donors (Lipinski definition) is 5. The summed E-state index contributed by atoms with van der Waals surface area (Å²) in [7, 11) is -4.59. The fourth-order valence-corrected chi connectivity index (χ4v) is 2.97. The van der Waals surface area contributed by atoms with Crippen molar-refractivity contribution in [2.24, 2.45) is 0 Å². The van der Waals surface area contributed by atoms with Crippen molar-refractivity contribution in [1.29, 1.82) is 0 Å². The number of carboxylic acids is 1. The third-order valence-corrected chi connectivity index (χ3v) is 4.54. The third-order valence-electron chi connectivity index (χ3n) is 3.31. The van der Waals surface area contributed by atoms with Crippen LogP contribution in [-0.4, -0.2) is 66.8 Å². The molecule has 1 fully saturated rings. The predicted octanol–water partition coefficient (Wildman–Crippen LogP) is -2.48. The summed E-state index contributed by atoms with van der Waals surface area (Å²) in [6.45, 7) is -0.941. The molecule has 0 spiro atoms. The van der Waals surface area contributed by atoms with Crippen LogP contribution < -0.4 is 11.2 Å². The molecule has 0 radical (unpaired) electrons. The molecule has 12 nitrogen and oxygen atoms in total. The smallest absolute Gasteiger partial charge is 0.339 e. The summed E-state index contributed by atoms with van der Waals surface area (Å²) in [6, 6.07) is 0.768. The molecule has 1 aromatic heterocycles. The van der Waals surface area contributed by atoms with Crippen LogP contribution in [0.1, 0.15) is 0 Å². The van der Waals surface area contributed by atoms with Gasteiger partial charge in [-0.25, -0.2) is 9.36 Å². The van der Waals surface area contributed by atoms with E-state index in [4.69, 9.17) is 9.84 Å². The Kier molecular flexibility index (Phi) is 5.27. The molecule has 0 amide bonds. The molecular formula is C11H14FN2O10P. The second kappa shape index (κ2) is 6.78. The van der Waals surface area contributed by atoms with Crippen molar-refractivity contribution in [2.45, 2.75) is 24.3 Å². The Balaban J connectivity index is 2.20. The van der Waals surface area contributed by atoms with Gasteiger partial charge in [-0.2, -0.15) is 4.39 Å². The minimum atomic E-state index is -4.59. The average molecular weight is 384 g/mol. The van der Waals surface area contributed by atoms with Crippen molar-refractivity contribution >= 4 is 13.6 Å². The van der Waals surface area contributed by atoms with E-state index in [0.717, 1.165) is 6.07 Å². The predicted molar refractivity (Wildman–Crippen MR) is 75.6 cm³/mol. The number of H-pyrrole nitrogens is 1. The molecule has 2 heterocycles. The quantitative estimate of drug-likeness (QED) is 0.329. The zero-order chi connectivity index (χ0) is 19.0. The normalized spacial score (nSPS) is 31.6. The van der Waals surface area contributed by atoms with Crippen molar-refractivity contribution in [3.05, 3.63) is 33.1 Å². The standard InChI is InChI=1S/C11H14FN2O10P/c12-11(14-2-1-6(15)13-10(14)20)9(19)8(18)5(24-11)3-23-25(21,22)4-7(16)17/h1-2,5,8-9,18-19H,3-4H2,(H,16,17)(H,21,22)(H,13,15,20)/t5-,8-,9-,11+/m1/s1. The highest BCUT2D eigenvalue weighted by Crippen LogP contribution is 2.43. The van der Waals surface area contributed by atoms with Crippen molar-refractivity contribution in [2.75, 3.05) is 12.8 Å². The molecule has 0 aliphatic carbocycles. The molecule has 1 saturated heterocycles. The lowest BCUT2D eigenvalue weighted by molar-refractivity contribution is -0.239. The minimum absolute atomic E-state index is 0.179. The SMILES string of the molecule is O=C(O)CP(=O)(O)OC[C@H]1O[C@@](F)(n2ccc(=O)[nH]c2=O)[C@H](O)[C@@H]1O. The highest BCUT2D eigenvalue weighted by molar-refractivity contribution is 7.53. The van der Waals surface area contributed by atoms with E-state index < -0.39 is 61.9 Å². The van der Waals surface area contributed by atoms with E-state index in [-0.39, 0.29) is 4.57 Å². The fraction of sp³-hybridized carbons (Fsp3) is 0.545. The largest absolute Gasteiger partial charge is 0.481 e. The summed E-state index contributed by atoms with van der Waals surface area (Å²) >= 11 is 0. The molecule has 1 unspecified atom stereocenters. The zero-order valence-electron chi connectivity index (χ0n) is 12.3. The number of aliphatic carboxylic acids is 1. The number of hydrogen-bond acceptors (Lipinski definition) is 8. The number of rotatable bonds is 6. The molecule has 0 aromatic carbocycles. The van der Waals surface area contributed by atoms with Crippen LogP contribution in [0.25, 0.3) is 0 Å². The maximum atomic E-state index is 14.9. The maximum Gasteiger partial charge on any atom is 0.339 e. The van der Waals surface area contributed by atoms with Crippen LogP contribution in [-0.2, 0) is 24.6 Å². The van der Waals surface area contributed by atoms with E-state index in [9.17, 15) is 38.4 Å². The summed E-state index contributed by atoms with van der Waals surface area (Å²) in [5.74, 6) is -4.92. The first-order valence-electron chi connectivity index (χ1n) is 6.70. The van der Waals surface area contributed by atoms with Crippen LogP contribution in [0.3, 0.4) is 0 Å². The monoisotopic (exact) mass is 384 g/mol. The number of aliphatic hydroxyl groups excluding tert-OH is 2. The summed E-state index contributed by atoms with van der Waals surface area (Å²) in [4.78, 5) is 44.1. The van der Waals surface area contributed by atoms with Crippen LogP contribution >= 0.6 is 7.60 Å². The van der Waals surface area contributed by atoms with Gasteiger partial charge in [0.25, 0.3) is 5.56 Å². The van der Waals surface area contributed by atoms with Crippen LogP contribution in [0.5, 0.6) is 0 Å². The average Bonchev–Trinajstić information content (AvgIpc) is 2.69. The second-order valence-electron chi connectivity index (χ2n) is 5.17. The van der Waals surface area contributed by atoms with Gasteiger partial charge >= 0.3 is 25.2 Å². The van der Waals surface area contributed by atoms with Crippen molar-refractivity contribution in [1.82, 2.24) is 9.55 Å². The number of carbonyl (C=O) groups is 1. The maximum absolute atomic E-state index is 14.9. The van der Waals surface area contributed by atoms with E-state index in [0.29, 0.717) is 6.20 Å². The van der Waals surface area contributed by atoms with E-state index in [1.165, 1.54) is 0 Å². The number of carboxylic acid groups (broad SMARTS) is 1. The molecular weight excluding hydrogens is 370 g/mol. The van der Waals surface area contributed by atoms with E-state index in [2.05, 4.69) is 4.52 Å². The van der Waals surface area contributed by atoms with Gasteiger partial charge in [0, 0.05) is 12.3 Å². The Hall–Kier alpha value is -1.89. The van der Waals surface area contributed by atoms with E-state index in [1.54, 1.807) is 4.98 Å². The van der Waals surface area contributed by atoms with Crippen LogP contribution in [0, 0.1) is 0 Å². The summed E-state index contributed by atoms with van der Waals surface area (Å²) in [6.07, 6.45) is -6.54. The van der Waals surface area contributed by atoms with Crippen molar-refractivity contribution in [3.63, 3.8) is 0 Å². The number of nitrogens with zero attached hydrogens (tertiary/aromatic N) is 1. The number of ether oxygens (including phenoxy) is 1. The number of aromatic amines is 1. The van der Waals surface area contributed by atoms with Crippen LogP contribution in [0.2, 0.25) is 0 Å². The van der Waals surface area contributed by atoms with Crippen LogP contribution in [0.15, 0.2) is 21.9 Å². The first-order valence-corrected chi connectivity index (χ1v) is 8.46. The molecule has 5 atom stereocenters. The first kappa shape index (κ1) is 19.4. The van der Waals surface area contributed by atoms with Gasteiger partial charge in [-0.05, 0) is 0 Å².